The van der Waals surface area contributed by atoms with Crippen molar-refractivity contribution in [2.45, 2.75) is 70.4 Å². The van der Waals surface area contributed by atoms with Gasteiger partial charge in [-0.15, -0.1) is 0 Å². The molecule has 1 aliphatic heterocycles. The molecule has 17 heavy (non-hydrogen) atoms. The Morgan fingerprint density at radius 2 is 2.06 bits per heavy atom. The monoisotopic (exact) mass is 242 g/mol. The maximum atomic E-state index is 9.09. The first kappa shape index (κ1) is 14.9. The lowest BCUT2D eigenvalue weighted by Crippen LogP contribution is -2.40. The number of aliphatic hydroxyl groups is 1. The van der Waals surface area contributed by atoms with Gasteiger partial charge in [0.15, 0.2) is 0 Å². The second-order valence-corrected chi connectivity index (χ2v) is 6.00. The number of unbranched alkanes of at least 4 members (excludes halogenated alkanes) is 1. The van der Waals surface area contributed by atoms with Gasteiger partial charge in [0.1, 0.15) is 0 Å². The van der Waals surface area contributed by atoms with Crippen LogP contribution in [0.25, 0.3) is 0 Å². The molecule has 1 aliphatic rings. The number of rotatable bonds is 6. The van der Waals surface area contributed by atoms with Gasteiger partial charge in [-0.05, 0) is 52.6 Å². The van der Waals surface area contributed by atoms with E-state index in [2.05, 4.69) is 11.8 Å². The highest BCUT2D eigenvalue weighted by Gasteiger charge is 2.18. The Labute approximate surface area is 106 Å². The van der Waals surface area contributed by atoms with Crippen LogP contribution in [-0.2, 0) is 0 Å². The molecule has 0 bridgehead atoms. The van der Waals surface area contributed by atoms with Crippen LogP contribution in [0.15, 0.2) is 0 Å². The van der Waals surface area contributed by atoms with Gasteiger partial charge in [-0.3, -0.25) is 0 Å². The van der Waals surface area contributed by atoms with Crippen molar-refractivity contribution in [3.63, 3.8) is 0 Å². The Hall–Kier alpha value is -0.120. The van der Waals surface area contributed by atoms with Gasteiger partial charge in [0.25, 0.3) is 0 Å². The minimum Gasteiger partial charge on any atom is -0.394 e. The summed E-state index contributed by atoms with van der Waals surface area (Å²) in [5.74, 6) is 0. The van der Waals surface area contributed by atoms with Gasteiger partial charge in [0.05, 0.1) is 6.61 Å². The van der Waals surface area contributed by atoms with Crippen LogP contribution < -0.4 is 5.73 Å². The van der Waals surface area contributed by atoms with Crippen LogP contribution in [0, 0.1) is 0 Å². The minimum absolute atomic E-state index is 0.0904. The van der Waals surface area contributed by atoms with Crippen molar-refractivity contribution in [3.8, 4) is 0 Å². The van der Waals surface area contributed by atoms with Crippen molar-refractivity contribution in [1.29, 1.82) is 0 Å². The number of likely N-dealkylation sites (tertiary alicyclic amines) is 1. The fourth-order valence-electron chi connectivity index (χ4n) is 2.59. The molecule has 2 atom stereocenters. The van der Waals surface area contributed by atoms with Crippen molar-refractivity contribution < 1.29 is 5.11 Å². The highest BCUT2D eigenvalue weighted by molar-refractivity contribution is 4.77. The maximum absolute atomic E-state index is 9.09. The summed E-state index contributed by atoms with van der Waals surface area (Å²) >= 11 is 0. The van der Waals surface area contributed by atoms with E-state index < -0.39 is 0 Å². The van der Waals surface area contributed by atoms with Crippen molar-refractivity contribution in [3.05, 3.63) is 0 Å². The largest absolute Gasteiger partial charge is 0.394 e. The topological polar surface area (TPSA) is 49.5 Å². The highest BCUT2D eigenvalue weighted by atomic mass is 16.3. The number of hydrogen-bond acceptors (Lipinski definition) is 3. The predicted octanol–water partition coefficient (Wildman–Crippen LogP) is 2.13. The molecule has 1 saturated heterocycles. The van der Waals surface area contributed by atoms with Crippen LogP contribution in [-0.4, -0.2) is 41.3 Å². The molecule has 0 aromatic heterocycles. The first-order valence-electron chi connectivity index (χ1n) is 7.19. The lowest BCUT2D eigenvalue weighted by molar-refractivity contribution is 0.185. The smallest absolute Gasteiger partial charge is 0.0608 e. The summed E-state index contributed by atoms with van der Waals surface area (Å²) in [7, 11) is 0. The molecule has 0 aromatic rings. The molecular formula is C14H30N2O. The molecule has 0 amide bonds. The van der Waals surface area contributed by atoms with Crippen molar-refractivity contribution in [1.82, 2.24) is 4.90 Å². The van der Waals surface area contributed by atoms with E-state index in [0.29, 0.717) is 0 Å². The summed E-state index contributed by atoms with van der Waals surface area (Å²) in [6.45, 7) is 6.84. The molecule has 1 fully saturated rings. The molecule has 0 spiro atoms. The molecule has 102 valence electrons. The minimum atomic E-state index is -0.385. The summed E-state index contributed by atoms with van der Waals surface area (Å²) in [6, 6.07) is 0.750. The summed E-state index contributed by atoms with van der Waals surface area (Å²) in [6.07, 6.45) is 8.75. The van der Waals surface area contributed by atoms with Gasteiger partial charge in [-0.25, -0.2) is 0 Å². The SMILES string of the molecule is CC1CCCCCN1CCCCC(C)(N)CO. The van der Waals surface area contributed by atoms with Crippen LogP contribution >= 0.6 is 0 Å². The number of hydrogen-bond donors (Lipinski definition) is 2. The van der Waals surface area contributed by atoms with Gasteiger partial charge in [-0.2, -0.15) is 0 Å². The zero-order valence-electron chi connectivity index (χ0n) is 11.6. The average molecular weight is 242 g/mol. The molecular weight excluding hydrogens is 212 g/mol. The third kappa shape index (κ3) is 5.84. The molecule has 1 heterocycles. The Balaban J connectivity index is 2.16. The summed E-state index contributed by atoms with van der Waals surface area (Å²) in [5, 5.41) is 9.09. The molecule has 2 unspecified atom stereocenters. The van der Waals surface area contributed by atoms with Gasteiger partial charge >= 0.3 is 0 Å². The van der Waals surface area contributed by atoms with Gasteiger partial charge in [0.2, 0.25) is 0 Å². The van der Waals surface area contributed by atoms with Crippen molar-refractivity contribution >= 4 is 0 Å². The van der Waals surface area contributed by atoms with Crippen molar-refractivity contribution in [2.24, 2.45) is 5.73 Å². The summed E-state index contributed by atoms with van der Waals surface area (Å²) in [5.41, 5.74) is 5.54. The molecule has 0 aliphatic carbocycles. The van der Waals surface area contributed by atoms with Crippen LogP contribution in [0.2, 0.25) is 0 Å². The first-order valence-corrected chi connectivity index (χ1v) is 7.19. The maximum Gasteiger partial charge on any atom is 0.0608 e. The number of nitrogens with zero attached hydrogens (tertiary/aromatic N) is 1. The fraction of sp³-hybridized carbons (Fsp3) is 1.00. The molecule has 3 nitrogen and oxygen atoms in total. The lowest BCUT2D eigenvalue weighted by atomic mass is 9.97. The molecule has 3 N–H and O–H groups in total. The van der Waals surface area contributed by atoms with E-state index in [1.54, 1.807) is 0 Å². The normalized spacial score (nSPS) is 26.5. The van der Waals surface area contributed by atoms with E-state index in [9.17, 15) is 0 Å². The first-order chi connectivity index (χ1) is 8.05. The molecule has 0 saturated carbocycles. The third-order valence-electron chi connectivity index (χ3n) is 3.99. The van der Waals surface area contributed by atoms with E-state index in [4.69, 9.17) is 10.8 Å². The van der Waals surface area contributed by atoms with Crippen LogP contribution in [0.4, 0.5) is 0 Å². The van der Waals surface area contributed by atoms with Crippen LogP contribution in [0.1, 0.15) is 58.8 Å². The van der Waals surface area contributed by atoms with E-state index in [1.165, 1.54) is 45.2 Å². The molecule has 1 rings (SSSR count). The average Bonchev–Trinajstić information content (AvgIpc) is 2.50. The Kier molecular flexibility index (Phi) is 6.45. The molecule has 0 radical (unpaired) electrons. The predicted molar refractivity (Wildman–Crippen MR) is 73.0 cm³/mol. The third-order valence-corrected chi connectivity index (χ3v) is 3.99. The van der Waals surface area contributed by atoms with E-state index >= 15 is 0 Å². The second-order valence-electron chi connectivity index (χ2n) is 6.00. The standard InChI is InChI=1S/C14H30N2O/c1-13-8-4-3-6-10-16(13)11-7-5-9-14(2,15)12-17/h13,17H,3-12,15H2,1-2H3. The Morgan fingerprint density at radius 3 is 2.76 bits per heavy atom. The fourth-order valence-corrected chi connectivity index (χ4v) is 2.59. The van der Waals surface area contributed by atoms with Gasteiger partial charge in [-0.1, -0.05) is 19.3 Å². The Bertz CT molecular complexity index is 206. The zero-order chi connectivity index (χ0) is 12.7. The van der Waals surface area contributed by atoms with E-state index in [0.717, 1.165) is 18.9 Å². The van der Waals surface area contributed by atoms with Gasteiger partial charge in [0, 0.05) is 11.6 Å². The summed E-state index contributed by atoms with van der Waals surface area (Å²) in [4.78, 5) is 2.62. The van der Waals surface area contributed by atoms with Gasteiger partial charge < -0.3 is 15.7 Å². The zero-order valence-corrected chi connectivity index (χ0v) is 11.6. The van der Waals surface area contributed by atoms with Crippen LogP contribution in [0.5, 0.6) is 0 Å². The van der Waals surface area contributed by atoms with E-state index in [1.807, 2.05) is 6.92 Å². The molecule has 0 aromatic carbocycles. The van der Waals surface area contributed by atoms with Crippen LogP contribution in [0.3, 0.4) is 0 Å². The number of aliphatic hydroxyl groups excluding tert-OH is 1. The quantitative estimate of drug-likeness (QED) is 0.702. The number of nitrogens with two attached hydrogens (primary N) is 1. The van der Waals surface area contributed by atoms with E-state index in [-0.39, 0.29) is 12.1 Å². The second kappa shape index (κ2) is 7.34. The molecule has 3 heteroatoms. The lowest BCUT2D eigenvalue weighted by Gasteiger charge is -2.27. The highest BCUT2D eigenvalue weighted by Crippen LogP contribution is 2.17. The Morgan fingerprint density at radius 1 is 1.29 bits per heavy atom. The summed E-state index contributed by atoms with van der Waals surface area (Å²) < 4.78 is 0. The van der Waals surface area contributed by atoms with Crippen molar-refractivity contribution in [2.75, 3.05) is 19.7 Å².